The van der Waals surface area contributed by atoms with Gasteiger partial charge in [0.15, 0.2) is 0 Å². The Labute approximate surface area is 194 Å². The molecule has 0 spiro atoms. The van der Waals surface area contributed by atoms with E-state index in [2.05, 4.69) is 65.6 Å². The third kappa shape index (κ3) is 3.49. The molecule has 0 amide bonds. The molecule has 0 fully saturated rings. The van der Waals surface area contributed by atoms with Crippen molar-refractivity contribution in [2.24, 2.45) is 0 Å². The Morgan fingerprint density at radius 2 is 1.47 bits per heavy atom. The largest absolute Gasteiger partial charge is 0.256 e. The van der Waals surface area contributed by atoms with Crippen LogP contribution in [0.15, 0.2) is 115 Å². The van der Waals surface area contributed by atoms with Gasteiger partial charge in [0, 0.05) is 34.7 Å². The summed E-state index contributed by atoms with van der Waals surface area (Å²) in [6, 6.07) is 36.4. The zero-order chi connectivity index (χ0) is 23.1. The van der Waals surface area contributed by atoms with Crippen LogP contribution in [0.3, 0.4) is 0 Å². The van der Waals surface area contributed by atoms with Gasteiger partial charge in [0.05, 0.1) is 5.69 Å². The highest BCUT2D eigenvalue weighted by atomic mass is 32.1. The van der Waals surface area contributed by atoms with Crippen LogP contribution in [0.2, 0.25) is 0 Å². The summed E-state index contributed by atoms with van der Waals surface area (Å²) in [6.45, 7) is 0. The van der Waals surface area contributed by atoms with Crippen molar-refractivity contribution < 1.29 is 2.74 Å². The van der Waals surface area contributed by atoms with Crippen LogP contribution >= 0.6 is 11.3 Å². The van der Waals surface area contributed by atoms with Crippen LogP contribution in [0.1, 0.15) is 13.9 Å². The van der Waals surface area contributed by atoms with E-state index in [1.165, 1.54) is 31.3 Å². The molecule has 32 heavy (non-hydrogen) atoms. The van der Waals surface area contributed by atoms with Crippen molar-refractivity contribution in [1.82, 2.24) is 4.98 Å². The zero-order valence-electron chi connectivity index (χ0n) is 19.3. The van der Waals surface area contributed by atoms with Crippen molar-refractivity contribution in [3.8, 4) is 22.4 Å². The second-order valence-corrected chi connectivity index (χ2v) is 8.83. The summed E-state index contributed by atoms with van der Waals surface area (Å²) in [5.74, 6) is 0. The van der Waals surface area contributed by atoms with Gasteiger partial charge in [-0.1, -0.05) is 91.0 Å². The third-order valence-electron chi connectivity index (χ3n) is 5.70. The van der Waals surface area contributed by atoms with Gasteiger partial charge in [-0.05, 0) is 46.8 Å². The molecule has 6 rings (SSSR count). The molecule has 0 atom stereocenters. The third-order valence-corrected chi connectivity index (χ3v) is 6.91. The van der Waals surface area contributed by atoms with Gasteiger partial charge < -0.3 is 0 Å². The lowest BCUT2D eigenvalue weighted by atomic mass is 10.0. The number of fused-ring (bicyclic) bond motifs is 3. The zero-order valence-corrected chi connectivity index (χ0v) is 18.1. The first-order valence-corrected chi connectivity index (χ1v) is 11.5. The number of aromatic nitrogens is 1. The van der Waals surface area contributed by atoms with Gasteiger partial charge in [-0.2, -0.15) is 0 Å². The highest BCUT2D eigenvalue weighted by molar-refractivity contribution is 7.26. The molecule has 0 unspecified atom stereocenters. The fourth-order valence-corrected chi connectivity index (χ4v) is 5.42. The average Bonchev–Trinajstić information content (AvgIpc) is 3.28. The number of benzene rings is 4. The van der Waals surface area contributed by atoms with E-state index in [0.29, 0.717) is 11.1 Å². The minimum absolute atomic E-state index is 0.605. The lowest BCUT2D eigenvalue weighted by Crippen LogP contribution is -1.91. The van der Waals surface area contributed by atoms with E-state index in [4.69, 9.17) is 2.74 Å². The Balaban J connectivity index is 1.48. The van der Waals surface area contributed by atoms with Crippen molar-refractivity contribution in [2.75, 3.05) is 0 Å². The van der Waals surface area contributed by atoms with Crippen LogP contribution in [-0.4, -0.2) is 4.98 Å². The molecule has 0 aliphatic carbocycles. The van der Waals surface area contributed by atoms with E-state index in [1.54, 1.807) is 23.6 Å². The van der Waals surface area contributed by atoms with Gasteiger partial charge in [-0.15, -0.1) is 11.3 Å². The molecule has 2 heterocycles. The standard InChI is InChI=1S/C30H21NS/c1-3-8-21(9-4-1)18-22-16-17-31-28(19-22)27-13-7-12-26-25-15-14-24(20-29(25)32-30(26)27)23-10-5-2-6-11-23/h1-17,19-20H,18H2/i18D2. The fourth-order valence-electron chi connectivity index (χ4n) is 4.15. The first kappa shape index (κ1) is 16.9. The topological polar surface area (TPSA) is 12.9 Å². The van der Waals surface area contributed by atoms with E-state index in [0.717, 1.165) is 11.3 Å². The lowest BCUT2D eigenvalue weighted by Gasteiger charge is -2.06. The van der Waals surface area contributed by atoms with Crippen LogP contribution in [0, 0.1) is 0 Å². The van der Waals surface area contributed by atoms with Gasteiger partial charge in [0.1, 0.15) is 0 Å². The summed E-state index contributed by atoms with van der Waals surface area (Å²) >= 11 is 1.77. The van der Waals surface area contributed by atoms with Crippen molar-refractivity contribution in [3.63, 3.8) is 0 Å². The van der Waals surface area contributed by atoms with Gasteiger partial charge >= 0.3 is 0 Å². The second-order valence-electron chi connectivity index (χ2n) is 7.78. The molecule has 0 aliphatic heterocycles. The minimum Gasteiger partial charge on any atom is -0.256 e. The van der Waals surface area contributed by atoms with Gasteiger partial charge in [-0.25, -0.2) is 0 Å². The lowest BCUT2D eigenvalue weighted by molar-refractivity contribution is 1.17. The molecular formula is C30H21NS. The predicted molar refractivity (Wildman–Crippen MR) is 137 cm³/mol. The van der Waals surface area contributed by atoms with E-state index >= 15 is 0 Å². The average molecular weight is 430 g/mol. The molecule has 0 radical (unpaired) electrons. The van der Waals surface area contributed by atoms with E-state index in [9.17, 15) is 0 Å². The number of hydrogen-bond donors (Lipinski definition) is 0. The van der Waals surface area contributed by atoms with E-state index in [1.807, 2.05) is 42.5 Å². The Morgan fingerprint density at radius 3 is 2.31 bits per heavy atom. The maximum atomic E-state index is 8.77. The monoisotopic (exact) mass is 429 g/mol. The molecule has 152 valence electrons. The quantitative estimate of drug-likeness (QED) is 0.274. The molecular weight excluding hydrogens is 406 g/mol. The smallest absolute Gasteiger partial charge is 0.0719 e. The molecule has 2 heteroatoms. The molecule has 1 nitrogen and oxygen atoms in total. The number of rotatable bonds is 4. The minimum atomic E-state index is -1.60. The molecule has 0 bridgehead atoms. The SMILES string of the molecule is [2H]C([2H])(c1ccccc1)c1ccnc(-c2cccc3c2sc2cc(-c4ccccc4)ccc23)c1. The maximum absolute atomic E-state index is 8.77. The molecule has 2 aromatic heterocycles. The second kappa shape index (κ2) is 8.07. The van der Waals surface area contributed by atoms with Crippen molar-refractivity contribution in [3.05, 3.63) is 127 Å². The Morgan fingerprint density at radius 1 is 0.656 bits per heavy atom. The molecule has 4 aromatic carbocycles. The molecule has 0 aliphatic rings. The van der Waals surface area contributed by atoms with Crippen molar-refractivity contribution >= 4 is 31.5 Å². The first-order valence-electron chi connectivity index (χ1n) is 11.6. The summed E-state index contributed by atoms with van der Waals surface area (Å²) in [4.78, 5) is 4.64. The van der Waals surface area contributed by atoms with Crippen molar-refractivity contribution in [2.45, 2.75) is 6.37 Å². The first-order chi connectivity index (χ1) is 16.6. The molecule has 0 saturated heterocycles. The van der Waals surface area contributed by atoms with E-state index < -0.39 is 6.37 Å². The summed E-state index contributed by atoms with van der Waals surface area (Å²) in [5, 5.41) is 2.44. The maximum Gasteiger partial charge on any atom is 0.0719 e. The van der Waals surface area contributed by atoms with Crippen molar-refractivity contribution in [1.29, 1.82) is 0 Å². The summed E-state index contributed by atoms with van der Waals surface area (Å²) in [7, 11) is 0. The van der Waals surface area contributed by atoms with E-state index in [-0.39, 0.29) is 0 Å². The van der Waals surface area contributed by atoms with Gasteiger partial charge in [-0.3, -0.25) is 4.98 Å². The highest BCUT2D eigenvalue weighted by Gasteiger charge is 2.12. The fraction of sp³-hybridized carbons (Fsp3) is 0.0333. The Hall–Kier alpha value is -3.75. The molecule has 0 N–H and O–H groups in total. The summed E-state index contributed by atoms with van der Waals surface area (Å²) in [5.41, 5.74) is 5.48. The summed E-state index contributed by atoms with van der Waals surface area (Å²) in [6.07, 6.45) is 0.114. The Kier molecular flexibility index (Phi) is 4.26. The number of thiophene rings is 1. The number of nitrogens with zero attached hydrogens (tertiary/aromatic N) is 1. The summed E-state index contributed by atoms with van der Waals surface area (Å²) < 4.78 is 19.9. The number of hydrogen-bond acceptors (Lipinski definition) is 2. The van der Waals surface area contributed by atoms with Crippen LogP contribution in [0.5, 0.6) is 0 Å². The van der Waals surface area contributed by atoms with Gasteiger partial charge in [0.25, 0.3) is 0 Å². The van der Waals surface area contributed by atoms with Crippen LogP contribution in [-0.2, 0) is 6.37 Å². The highest BCUT2D eigenvalue weighted by Crippen LogP contribution is 2.40. The van der Waals surface area contributed by atoms with Crippen LogP contribution in [0.4, 0.5) is 0 Å². The molecule has 6 aromatic rings. The van der Waals surface area contributed by atoms with Crippen LogP contribution < -0.4 is 0 Å². The van der Waals surface area contributed by atoms with Crippen LogP contribution in [0.25, 0.3) is 42.6 Å². The molecule has 0 saturated carbocycles. The predicted octanol–water partition coefficient (Wildman–Crippen LogP) is 8.37. The Bertz CT molecular complexity index is 1620. The van der Waals surface area contributed by atoms with Gasteiger partial charge in [0.2, 0.25) is 0 Å². The number of pyridine rings is 1. The normalized spacial score (nSPS) is 12.6.